The summed E-state index contributed by atoms with van der Waals surface area (Å²) >= 11 is 0. The molecule has 0 heterocycles. The van der Waals surface area contributed by atoms with E-state index in [9.17, 15) is 0 Å². The standard InChI is InChI=1S/C10H21/c1-6-7-10(8(2)3)9(4)5/h8-9H,6-7H2,1-5H3. The molecule has 0 heteroatoms. The SMILES string of the molecule is CCC[C](C(C)C)C(C)C. The Kier molecular flexibility index (Phi) is 4.76. The lowest BCUT2D eigenvalue weighted by Crippen LogP contribution is -2.12. The van der Waals surface area contributed by atoms with Crippen molar-refractivity contribution < 1.29 is 0 Å². The molecule has 0 aromatic carbocycles. The summed E-state index contributed by atoms with van der Waals surface area (Å²) < 4.78 is 0. The summed E-state index contributed by atoms with van der Waals surface area (Å²) in [7, 11) is 0. The second-order valence-corrected chi connectivity index (χ2v) is 3.63. The Balaban J connectivity index is 3.73. The van der Waals surface area contributed by atoms with Gasteiger partial charge in [0.1, 0.15) is 0 Å². The second-order valence-electron chi connectivity index (χ2n) is 3.63. The van der Waals surface area contributed by atoms with Gasteiger partial charge in [0, 0.05) is 0 Å². The maximum atomic E-state index is 2.30. The molecule has 0 aromatic heterocycles. The predicted molar refractivity (Wildman–Crippen MR) is 47.8 cm³/mol. The van der Waals surface area contributed by atoms with E-state index in [4.69, 9.17) is 0 Å². The highest BCUT2D eigenvalue weighted by molar-refractivity contribution is 4.95. The predicted octanol–water partition coefficient (Wildman–Crippen LogP) is 3.67. The molecule has 0 fully saturated rings. The van der Waals surface area contributed by atoms with Gasteiger partial charge in [0.2, 0.25) is 0 Å². The molecule has 0 aliphatic rings. The van der Waals surface area contributed by atoms with Crippen molar-refractivity contribution >= 4 is 0 Å². The van der Waals surface area contributed by atoms with Crippen LogP contribution in [0.2, 0.25) is 0 Å². The van der Waals surface area contributed by atoms with Crippen molar-refractivity contribution in [2.45, 2.75) is 47.5 Å². The zero-order chi connectivity index (χ0) is 8.15. The minimum atomic E-state index is 0.778. The summed E-state index contributed by atoms with van der Waals surface area (Å²) in [5.41, 5.74) is 0. The van der Waals surface area contributed by atoms with Crippen LogP contribution in [-0.4, -0.2) is 0 Å². The summed E-state index contributed by atoms with van der Waals surface area (Å²) in [6.45, 7) is 11.4. The molecular weight excluding hydrogens is 120 g/mol. The summed E-state index contributed by atoms with van der Waals surface area (Å²) in [6.07, 6.45) is 2.61. The van der Waals surface area contributed by atoms with Gasteiger partial charge in [-0.3, -0.25) is 0 Å². The number of rotatable bonds is 4. The average Bonchev–Trinajstić information content (AvgIpc) is 1.81. The van der Waals surface area contributed by atoms with Crippen molar-refractivity contribution in [1.29, 1.82) is 0 Å². The smallest absolute Gasteiger partial charge is 0.0190 e. The van der Waals surface area contributed by atoms with Gasteiger partial charge in [-0.25, -0.2) is 0 Å². The Morgan fingerprint density at radius 3 is 1.50 bits per heavy atom. The second kappa shape index (κ2) is 4.76. The van der Waals surface area contributed by atoms with E-state index >= 15 is 0 Å². The largest absolute Gasteiger partial charge is 0.0654 e. The highest BCUT2D eigenvalue weighted by atomic mass is 14.2. The summed E-state index contributed by atoms with van der Waals surface area (Å²) in [5.74, 6) is 3.28. The van der Waals surface area contributed by atoms with E-state index < -0.39 is 0 Å². The van der Waals surface area contributed by atoms with E-state index in [-0.39, 0.29) is 0 Å². The molecule has 0 N–H and O–H groups in total. The fourth-order valence-electron chi connectivity index (χ4n) is 1.53. The van der Waals surface area contributed by atoms with Crippen LogP contribution in [0.5, 0.6) is 0 Å². The molecule has 0 aliphatic carbocycles. The van der Waals surface area contributed by atoms with Crippen molar-refractivity contribution in [1.82, 2.24) is 0 Å². The third kappa shape index (κ3) is 3.24. The quantitative estimate of drug-likeness (QED) is 0.560. The first-order chi connectivity index (χ1) is 4.59. The fourth-order valence-corrected chi connectivity index (χ4v) is 1.53. The van der Waals surface area contributed by atoms with Gasteiger partial charge in [-0.1, -0.05) is 41.0 Å². The summed E-state index contributed by atoms with van der Waals surface area (Å²) in [6, 6.07) is 0. The monoisotopic (exact) mass is 141 g/mol. The zero-order valence-corrected chi connectivity index (χ0v) is 8.07. The molecular formula is C10H21. The molecule has 10 heavy (non-hydrogen) atoms. The molecule has 0 saturated carbocycles. The van der Waals surface area contributed by atoms with Crippen molar-refractivity contribution in [3.8, 4) is 0 Å². The average molecular weight is 141 g/mol. The molecule has 0 amide bonds. The maximum Gasteiger partial charge on any atom is -0.0190 e. The normalized spacial score (nSPS) is 12.0. The highest BCUT2D eigenvalue weighted by Crippen LogP contribution is 2.27. The van der Waals surface area contributed by atoms with E-state index in [0.29, 0.717) is 0 Å². The third-order valence-electron chi connectivity index (χ3n) is 2.02. The molecule has 0 bridgehead atoms. The van der Waals surface area contributed by atoms with Gasteiger partial charge < -0.3 is 0 Å². The molecule has 0 unspecified atom stereocenters. The van der Waals surface area contributed by atoms with Crippen molar-refractivity contribution in [2.24, 2.45) is 11.8 Å². The Morgan fingerprint density at radius 2 is 1.40 bits per heavy atom. The van der Waals surface area contributed by atoms with Crippen molar-refractivity contribution in [2.75, 3.05) is 0 Å². The van der Waals surface area contributed by atoms with E-state index in [1.54, 1.807) is 5.92 Å². The van der Waals surface area contributed by atoms with Crippen LogP contribution in [0, 0.1) is 17.8 Å². The topological polar surface area (TPSA) is 0 Å². The van der Waals surface area contributed by atoms with Gasteiger partial charge in [0.15, 0.2) is 0 Å². The number of hydrogen-bond donors (Lipinski definition) is 0. The highest BCUT2D eigenvalue weighted by Gasteiger charge is 2.15. The van der Waals surface area contributed by atoms with Crippen LogP contribution in [0.4, 0.5) is 0 Å². The lowest BCUT2D eigenvalue weighted by Gasteiger charge is -2.23. The minimum absolute atomic E-state index is 0.778. The van der Waals surface area contributed by atoms with Gasteiger partial charge in [-0.15, -0.1) is 0 Å². The maximum absolute atomic E-state index is 2.30. The Labute approximate surface area is 66.0 Å². The van der Waals surface area contributed by atoms with Gasteiger partial charge >= 0.3 is 0 Å². The van der Waals surface area contributed by atoms with Crippen LogP contribution in [0.1, 0.15) is 47.5 Å². The minimum Gasteiger partial charge on any atom is -0.0654 e. The van der Waals surface area contributed by atoms with Gasteiger partial charge in [-0.2, -0.15) is 0 Å². The molecule has 0 nitrogen and oxygen atoms in total. The molecule has 0 aliphatic heterocycles. The third-order valence-corrected chi connectivity index (χ3v) is 2.02. The molecule has 1 radical (unpaired) electrons. The molecule has 0 saturated heterocycles. The van der Waals surface area contributed by atoms with Gasteiger partial charge in [0.25, 0.3) is 0 Å². The van der Waals surface area contributed by atoms with E-state index in [1.807, 2.05) is 0 Å². The van der Waals surface area contributed by atoms with E-state index in [1.165, 1.54) is 12.8 Å². The van der Waals surface area contributed by atoms with Crippen LogP contribution in [0.15, 0.2) is 0 Å². The van der Waals surface area contributed by atoms with Crippen LogP contribution >= 0.6 is 0 Å². The summed E-state index contributed by atoms with van der Waals surface area (Å²) in [4.78, 5) is 0. The van der Waals surface area contributed by atoms with Crippen LogP contribution in [0.25, 0.3) is 0 Å². The Hall–Kier alpha value is 0. The Bertz CT molecular complexity index is 64.1. The van der Waals surface area contributed by atoms with E-state index in [0.717, 1.165) is 11.8 Å². The van der Waals surface area contributed by atoms with Gasteiger partial charge in [-0.05, 0) is 24.2 Å². The van der Waals surface area contributed by atoms with E-state index in [2.05, 4.69) is 34.6 Å². The summed E-state index contributed by atoms with van der Waals surface area (Å²) in [5, 5.41) is 0. The van der Waals surface area contributed by atoms with Crippen LogP contribution < -0.4 is 0 Å². The lowest BCUT2D eigenvalue weighted by atomic mass is 9.82. The van der Waals surface area contributed by atoms with Crippen molar-refractivity contribution in [3.05, 3.63) is 5.92 Å². The molecule has 61 valence electrons. The van der Waals surface area contributed by atoms with Crippen LogP contribution in [0.3, 0.4) is 0 Å². The van der Waals surface area contributed by atoms with Crippen molar-refractivity contribution in [3.63, 3.8) is 0 Å². The molecule has 0 atom stereocenters. The first kappa shape index (κ1) is 10.0. The number of hydrogen-bond acceptors (Lipinski definition) is 0. The zero-order valence-electron chi connectivity index (χ0n) is 8.07. The first-order valence-corrected chi connectivity index (χ1v) is 4.45. The Morgan fingerprint density at radius 1 is 1.00 bits per heavy atom. The first-order valence-electron chi connectivity index (χ1n) is 4.45. The van der Waals surface area contributed by atoms with Crippen LogP contribution in [-0.2, 0) is 0 Å². The van der Waals surface area contributed by atoms with Gasteiger partial charge in [0.05, 0.1) is 0 Å². The molecule has 0 spiro atoms. The molecule has 0 aromatic rings. The molecule has 0 rings (SSSR count). The fraction of sp³-hybridized carbons (Fsp3) is 0.900. The lowest BCUT2D eigenvalue weighted by molar-refractivity contribution is 0.473.